The molecule has 0 N–H and O–H groups in total. The first kappa shape index (κ1) is 45.1. The normalized spacial score (nSPS) is 14.5. The Morgan fingerprint density at radius 2 is 0.973 bits per heavy atom. The molecule has 14 rings (SSSR count). The van der Waals surface area contributed by atoms with Crippen molar-refractivity contribution in [1.82, 2.24) is 4.40 Å². The summed E-state index contributed by atoms with van der Waals surface area (Å²) in [7, 11) is 2.21. The first-order valence-corrected chi connectivity index (χ1v) is 26.6. The number of para-hydroxylation sites is 2. The fourth-order valence-electron chi connectivity index (χ4n) is 12.8. The van der Waals surface area contributed by atoms with E-state index >= 15 is 0 Å². The smallest absolute Gasteiger partial charge is 0.295 e. The highest BCUT2D eigenvalue weighted by atomic mass is 16.5. The van der Waals surface area contributed by atoms with Gasteiger partial charge in [0.15, 0.2) is 34.0 Å². The average Bonchev–Trinajstić information content (AvgIpc) is 3.77. The van der Waals surface area contributed by atoms with Gasteiger partial charge in [-0.2, -0.15) is 4.40 Å². The zero-order chi connectivity index (χ0) is 51.4. The van der Waals surface area contributed by atoms with Gasteiger partial charge in [-0.1, -0.05) is 144 Å². The van der Waals surface area contributed by atoms with Crippen LogP contribution in [0.5, 0.6) is 23.0 Å². The number of aryl methyl sites for hydroxylation is 2. The van der Waals surface area contributed by atoms with Crippen molar-refractivity contribution in [2.75, 3.05) is 9.80 Å². The first-order valence-electron chi connectivity index (χ1n) is 26.6. The summed E-state index contributed by atoms with van der Waals surface area (Å²) in [5.74, 6) is 3.54. The number of aromatic nitrogens is 2. The molecule has 0 saturated carbocycles. The van der Waals surface area contributed by atoms with Crippen molar-refractivity contribution < 1.29 is 14.0 Å². The van der Waals surface area contributed by atoms with Crippen molar-refractivity contribution in [2.24, 2.45) is 7.05 Å². The molecule has 4 aliphatic rings. The summed E-state index contributed by atoms with van der Waals surface area (Å²) in [5, 5.41) is 3.78. The van der Waals surface area contributed by atoms with E-state index in [-0.39, 0.29) is 28.4 Å². The molecule has 8 aromatic carbocycles. The zero-order valence-electron chi connectivity index (χ0n) is 45.4. The summed E-state index contributed by atoms with van der Waals surface area (Å²) >= 11 is 0. The Balaban J connectivity index is 1.13. The van der Waals surface area contributed by atoms with Crippen LogP contribution in [0.4, 0.5) is 34.1 Å². The van der Waals surface area contributed by atoms with Crippen LogP contribution < -0.4 is 40.2 Å². The molecule has 0 radical (unpaired) electrons. The largest absolute Gasteiger partial charge is 0.453 e. The fraction of sp³-hybridized carbons (Fsp3) is 0.269. The number of nitrogens with zero attached hydrogens (tertiary/aromatic N) is 4. The van der Waals surface area contributed by atoms with Gasteiger partial charge < -0.3 is 19.3 Å². The molecule has 7 heteroatoms. The molecular weight excluding hydrogens is 904 g/mol. The van der Waals surface area contributed by atoms with Crippen LogP contribution in [-0.2, 0) is 28.7 Å². The Bertz CT molecular complexity index is 4010. The maximum Gasteiger partial charge on any atom is 0.295 e. The van der Waals surface area contributed by atoms with Crippen molar-refractivity contribution in [3.63, 3.8) is 0 Å². The van der Waals surface area contributed by atoms with E-state index in [0.717, 1.165) is 68.2 Å². The van der Waals surface area contributed by atoms with Gasteiger partial charge in [-0.25, -0.2) is 4.57 Å². The minimum absolute atomic E-state index is 0.0699. The minimum Gasteiger partial charge on any atom is -0.453 e. The Morgan fingerprint density at radius 3 is 1.51 bits per heavy atom. The summed E-state index contributed by atoms with van der Waals surface area (Å²) in [5.41, 5.74) is 23.3. The van der Waals surface area contributed by atoms with Crippen LogP contribution in [-0.4, -0.2) is 11.1 Å². The van der Waals surface area contributed by atoms with Gasteiger partial charge in [0.25, 0.3) is 12.4 Å². The highest BCUT2D eigenvalue weighted by molar-refractivity contribution is 7.00. The number of pyridine rings is 1. The molecule has 0 unspecified atom stereocenters. The maximum atomic E-state index is 7.28. The van der Waals surface area contributed by atoms with E-state index in [1.54, 1.807) is 0 Å². The topological polar surface area (TPSA) is 33.2 Å². The summed E-state index contributed by atoms with van der Waals surface area (Å²) in [6.45, 7) is 29.8. The number of fused-ring (bicyclic) bond motifs is 16. The standard InChI is InChI=1S/C67H64BN4O2/c1-37-18-17-19-45-44-25-22-38(28-52(44)72-49-21-16-15-20-48(49)69(14)63(72)59(37)45)39-29-53-60-54(30-39)71-51-27-24-41(65(5,6)7)34-56(51)74-58-36-43(67(11,12)13)32-47(62(58)71)68(60)46-31-42(66(8,9)10)35-57-61(46)70(53)50-26-23-40(64(2,3)4)33-55(50)73-57/h15-36H,1-14H3/q+1. The molecule has 10 aromatic rings. The molecular formula is C67H64BN4O2+. The molecule has 0 fully saturated rings. The van der Waals surface area contributed by atoms with Gasteiger partial charge >= 0.3 is 0 Å². The third-order valence-corrected chi connectivity index (χ3v) is 16.9. The molecule has 0 saturated heterocycles. The van der Waals surface area contributed by atoms with Gasteiger partial charge in [0.1, 0.15) is 5.52 Å². The van der Waals surface area contributed by atoms with Crippen molar-refractivity contribution in [2.45, 2.75) is 112 Å². The van der Waals surface area contributed by atoms with E-state index in [2.05, 4.69) is 249 Å². The lowest BCUT2D eigenvalue weighted by Crippen LogP contribution is -2.62. The van der Waals surface area contributed by atoms with E-state index in [0.29, 0.717) is 0 Å². The van der Waals surface area contributed by atoms with Crippen LogP contribution in [0.15, 0.2) is 133 Å². The van der Waals surface area contributed by atoms with E-state index in [1.165, 1.54) is 82.6 Å². The quantitative estimate of drug-likeness (QED) is 0.0932. The molecule has 6 nitrogen and oxygen atoms in total. The Morgan fingerprint density at radius 1 is 0.446 bits per heavy atom. The second-order valence-electron chi connectivity index (χ2n) is 25.9. The number of imidazole rings is 1. The third kappa shape index (κ3) is 6.22. The van der Waals surface area contributed by atoms with Crippen molar-refractivity contribution >= 4 is 95.6 Å². The summed E-state index contributed by atoms with van der Waals surface area (Å²) in [6.07, 6.45) is 0. The summed E-state index contributed by atoms with van der Waals surface area (Å²) < 4.78 is 19.4. The van der Waals surface area contributed by atoms with Crippen LogP contribution in [0.3, 0.4) is 0 Å². The fourth-order valence-corrected chi connectivity index (χ4v) is 12.8. The van der Waals surface area contributed by atoms with Crippen LogP contribution in [0, 0.1) is 6.92 Å². The molecule has 0 atom stereocenters. The summed E-state index contributed by atoms with van der Waals surface area (Å²) in [4.78, 5) is 5.11. The maximum absolute atomic E-state index is 7.28. The van der Waals surface area contributed by atoms with E-state index < -0.39 is 0 Å². The van der Waals surface area contributed by atoms with Crippen LogP contribution >= 0.6 is 0 Å². The lowest BCUT2D eigenvalue weighted by atomic mass is 9.33. The van der Waals surface area contributed by atoms with E-state index in [4.69, 9.17) is 9.47 Å². The zero-order valence-corrected chi connectivity index (χ0v) is 45.4. The highest BCUT2D eigenvalue weighted by Gasteiger charge is 2.49. The van der Waals surface area contributed by atoms with Crippen LogP contribution in [0.2, 0.25) is 0 Å². The lowest BCUT2D eigenvalue weighted by molar-refractivity contribution is -0.617. The van der Waals surface area contributed by atoms with Crippen molar-refractivity contribution in [3.8, 4) is 34.1 Å². The Labute approximate surface area is 435 Å². The van der Waals surface area contributed by atoms with Gasteiger partial charge in [-0.05, 0) is 157 Å². The number of ether oxygens (including phenoxy) is 2. The molecule has 74 heavy (non-hydrogen) atoms. The number of hydrogen-bond donors (Lipinski definition) is 0. The Kier molecular flexibility index (Phi) is 8.92. The average molecular weight is 968 g/mol. The van der Waals surface area contributed by atoms with Gasteiger partial charge in [-0.15, -0.1) is 0 Å². The second-order valence-corrected chi connectivity index (χ2v) is 25.9. The number of benzene rings is 8. The Hall–Kier alpha value is -7.51. The predicted molar refractivity (Wildman–Crippen MR) is 310 cm³/mol. The van der Waals surface area contributed by atoms with E-state index in [9.17, 15) is 0 Å². The van der Waals surface area contributed by atoms with Gasteiger partial charge in [0.05, 0.1) is 35.2 Å². The molecule has 6 heterocycles. The van der Waals surface area contributed by atoms with Crippen molar-refractivity contribution in [1.29, 1.82) is 0 Å². The molecule has 0 bridgehead atoms. The molecule has 0 aliphatic carbocycles. The summed E-state index contributed by atoms with van der Waals surface area (Å²) in [6, 6.07) is 51.2. The molecule has 0 spiro atoms. The van der Waals surface area contributed by atoms with Gasteiger partial charge in [-0.3, -0.25) is 0 Å². The van der Waals surface area contributed by atoms with Crippen LogP contribution in [0.25, 0.3) is 49.5 Å². The molecule has 0 amide bonds. The van der Waals surface area contributed by atoms with Gasteiger partial charge in [0, 0.05) is 22.1 Å². The number of hydrogen-bond acceptors (Lipinski definition) is 4. The molecule has 2 aromatic heterocycles. The third-order valence-electron chi connectivity index (χ3n) is 16.9. The van der Waals surface area contributed by atoms with Crippen molar-refractivity contribution in [3.05, 3.63) is 161 Å². The minimum atomic E-state index is -0.145. The monoisotopic (exact) mass is 968 g/mol. The number of rotatable bonds is 1. The first-order chi connectivity index (χ1) is 35.0. The van der Waals surface area contributed by atoms with E-state index in [1.807, 2.05) is 0 Å². The second kappa shape index (κ2) is 14.6. The predicted octanol–water partition coefficient (Wildman–Crippen LogP) is 15.7. The molecule has 366 valence electrons. The van der Waals surface area contributed by atoms with Gasteiger partial charge in [0.2, 0.25) is 0 Å². The lowest BCUT2D eigenvalue weighted by Gasteiger charge is -2.48. The molecule has 4 aliphatic heterocycles. The SMILES string of the molecule is Cc1cccc2c3ccc(-c4cc5c6c(c4)N4c7ccc(C(C)(C)C)cc7Oc7cc(C(C)(C)C)cc(c74)B6c4cc(C(C)(C)C)cc6c4N5c4ccc(C(C)(C)C)cc4O6)cc3n3c4ccccc4[n+](C)c3c12. The van der Waals surface area contributed by atoms with Crippen LogP contribution in [0.1, 0.15) is 111 Å². The highest BCUT2D eigenvalue weighted by Crippen LogP contribution is 2.58. The number of anilines is 6.